The van der Waals surface area contributed by atoms with E-state index in [1.54, 1.807) is 17.0 Å². The van der Waals surface area contributed by atoms with Crippen LogP contribution >= 0.6 is 0 Å². The lowest BCUT2D eigenvalue weighted by molar-refractivity contribution is -0.136. The second kappa shape index (κ2) is 6.89. The molecule has 0 bridgehead atoms. The molecule has 21 heavy (non-hydrogen) atoms. The molecule has 0 spiro atoms. The average Bonchev–Trinajstić information content (AvgIpc) is 2.90. The second-order valence-corrected chi connectivity index (χ2v) is 5.52. The summed E-state index contributed by atoms with van der Waals surface area (Å²) >= 11 is 0. The number of nitrogens with zero attached hydrogens (tertiary/aromatic N) is 1. The molecule has 116 valence electrons. The lowest BCUT2D eigenvalue weighted by atomic mass is 10.0. The zero-order valence-corrected chi connectivity index (χ0v) is 12.6. The van der Waals surface area contributed by atoms with Crippen LogP contribution in [0.1, 0.15) is 31.7 Å². The van der Waals surface area contributed by atoms with Crippen LogP contribution in [0, 0.1) is 11.7 Å². The van der Waals surface area contributed by atoms with E-state index >= 15 is 0 Å². The largest absolute Gasteiger partial charge is 0.494 e. The Balaban J connectivity index is 2.08. The minimum Gasteiger partial charge on any atom is -0.494 e. The van der Waals surface area contributed by atoms with Gasteiger partial charge >= 0.3 is 0 Å². The Morgan fingerprint density at radius 1 is 1.48 bits per heavy atom. The SMILES string of the molecule is CCN(Cc1ccc(OC)c(F)c1)C(=O)C1CCCC1N. The van der Waals surface area contributed by atoms with Gasteiger partial charge in [-0.1, -0.05) is 12.5 Å². The summed E-state index contributed by atoms with van der Waals surface area (Å²) in [6.45, 7) is 2.92. The summed E-state index contributed by atoms with van der Waals surface area (Å²) in [5.41, 5.74) is 6.76. The summed E-state index contributed by atoms with van der Waals surface area (Å²) in [4.78, 5) is 14.3. The van der Waals surface area contributed by atoms with Crippen molar-refractivity contribution >= 4 is 5.91 Å². The van der Waals surface area contributed by atoms with E-state index in [0.29, 0.717) is 13.1 Å². The maximum absolute atomic E-state index is 13.7. The number of carbonyl (C=O) groups is 1. The maximum Gasteiger partial charge on any atom is 0.227 e. The Hall–Kier alpha value is -1.62. The highest BCUT2D eigenvalue weighted by molar-refractivity contribution is 5.79. The van der Waals surface area contributed by atoms with Crippen molar-refractivity contribution in [3.8, 4) is 5.75 Å². The molecule has 1 aromatic carbocycles. The lowest BCUT2D eigenvalue weighted by Gasteiger charge is -2.26. The van der Waals surface area contributed by atoms with Gasteiger partial charge in [-0.15, -0.1) is 0 Å². The molecular weight excluding hydrogens is 271 g/mol. The summed E-state index contributed by atoms with van der Waals surface area (Å²) in [5, 5.41) is 0. The van der Waals surface area contributed by atoms with Crippen LogP contribution in [0.15, 0.2) is 18.2 Å². The minimum absolute atomic E-state index is 0.0425. The molecule has 4 nitrogen and oxygen atoms in total. The van der Waals surface area contributed by atoms with Gasteiger partial charge in [-0.2, -0.15) is 0 Å². The van der Waals surface area contributed by atoms with Crippen LogP contribution in [0.3, 0.4) is 0 Å². The Kier molecular flexibility index (Phi) is 5.17. The first-order valence-corrected chi connectivity index (χ1v) is 7.43. The first kappa shape index (κ1) is 15.8. The van der Waals surface area contributed by atoms with Crippen molar-refractivity contribution in [3.05, 3.63) is 29.6 Å². The zero-order valence-electron chi connectivity index (χ0n) is 12.6. The highest BCUT2D eigenvalue weighted by Gasteiger charge is 2.32. The third-order valence-corrected chi connectivity index (χ3v) is 4.17. The van der Waals surface area contributed by atoms with Crippen molar-refractivity contribution in [3.63, 3.8) is 0 Å². The predicted octanol–water partition coefficient (Wildman–Crippen LogP) is 2.31. The molecule has 0 aromatic heterocycles. The Morgan fingerprint density at radius 2 is 2.24 bits per heavy atom. The Morgan fingerprint density at radius 3 is 2.76 bits per heavy atom. The molecular formula is C16H23FN2O2. The summed E-state index contributed by atoms with van der Waals surface area (Å²) in [6.07, 6.45) is 2.77. The molecule has 2 N–H and O–H groups in total. The lowest BCUT2D eigenvalue weighted by Crippen LogP contribution is -2.41. The fourth-order valence-corrected chi connectivity index (χ4v) is 2.90. The van der Waals surface area contributed by atoms with Gasteiger partial charge in [0.2, 0.25) is 5.91 Å². The van der Waals surface area contributed by atoms with Crippen LogP contribution in [-0.4, -0.2) is 30.5 Å². The number of halogens is 1. The molecule has 0 saturated heterocycles. The second-order valence-electron chi connectivity index (χ2n) is 5.52. The van der Waals surface area contributed by atoms with E-state index < -0.39 is 5.82 Å². The van der Waals surface area contributed by atoms with Crippen molar-refractivity contribution in [1.82, 2.24) is 4.90 Å². The minimum atomic E-state index is -0.406. The normalized spacial score (nSPS) is 21.3. The van der Waals surface area contributed by atoms with Crippen LogP contribution in [-0.2, 0) is 11.3 Å². The van der Waals surface area contributed by atoms with Gasteiger partial charge in [0.1, 0.15) is 0 Å². The first-order valence-electron chi connectivity index (χ1n) is 7.43. The standard InChI is InChI=1S/C16H23FN2O2/c1-3-19(16(20)12-5-4-6-14(12)18)10-11-7-8-15(21-2)13(17)9-11/h7-9,12,14H,3-6,10,18H2,1-2H3. The van der Waals surface area contributed by atoms with Crippen LogP contribution in [0.4, 0.5) is 4.39 Å². The number of methoxy groups -OCH3 is 1. The number of ether oxygens (including phenoxy) is 1. The first-order chi connectivity index (χ1) is 10.1. The van der Waals surface area contributed by atoms with E-state index in [4.69, 9.17) is 10.5 Å². The molecule has 1 amide bonds. The van der Waals surface area contributed by atoms with Crippen molar-refractivity contribution in [1.29, 1.82) is 0 Å². The van der Waals surface area contributed by atoms with Gasteiger partial charge < -0.3 is 15.4 Å². The van der Waals surface area contributed by atoms with Gasteiger partial charge in [-0.05, 0) is 37.5 Å². The summed E-state index contributed by atoms with van der Waals surface area (Å²) in [6, 6.07) is 4.75. The van der Waals surface area contributed by atoms with Gasteiger partial charge in [0.15, 0.2) is 11.6 Å². The van der Waals surface area contributed by atoms with Gasteiger partial charge in [0.05, 0.1) is 13.0 Å². The number of hydrogen-bond acceptors (Lipinski definition) is 3. The zero-order chi connectivity index (χ0) is 15.4. The van der Waals surface area contributed by atoms with E-state index in [-0.39, 0.29) is 23.6 Å². The van der Waals surface area contributed by atoms with E-state index in [0.717, 1.165) is 24.8 Å². The molecule has 1 fully saturated rings. The summed E-state index contributed by atoms with van der Waals surface area (Å²) < 4.78 is 18.6. The van der Waals surface area contributed by atoms with Crippen LogP contribution in [0.25, 0.3) is 0 Å². The highest BCUT2D eigenvalue weighted by Crippen LogP contribution is 2.27. The molecule has 2 rings (SSSR count). The van der Waals surface area contributed by atoms with E-state index in [1.165, 1.54) is 13.2 Å². The Labute approximate surface area is 125 Å². The fourth-order valence-electron chi connectivity index (χ4n) is 2.90. The molecule has 2 unspecified atom stereocenters. The molecule has 2 atom stereocenters. The van der Waals surface area contributed by atoms with E-state index in [1.807, 2.05) is 6.92 Å². The summed E-state index contributed by atoms with van der Waals surface area (Å²) in [7, 11) is 1.43. The van der Waals surface area contributed by atoms with Crippen molar-refractivity contribution in [2.24, 2.45) is 11.7 Å². The maximum atomic E-state index is 13.7. The molecule has 5 heteroatoms. The fraction of sp³-hybridized carbons (Fsp3) is 0.562. The van der Waals surface area contributed by atoms with Crippen molar-refractivity contribution < 1.29 is 13.9 Å². The third-order valence-electron chi connectivity index (χ3n) is 4.17. The van der Waals surface area contributed by atoms with E-state index in [9.17, 15) is 9.18 Å². The predicted molar refractivity (Wildman–Crippen MR) is 79.4 cm³/mol. The van der Waals surface area contributed by atoms with Crippen LogP contribution in [0.2, 0.25) is 0 Å². The average molecular weight is 294 g/mol. The molecule has 1 aliphatic carbocycles. The Bertz CT molecular complexity index is 507. The number of benzene rings is 1. The summed E-state index contributed by atoms with van der Waals surface area (Å²) in [5.74, 6) is -0.200. The van der Waals surface area contributed by atoms with Crippen LogP contribution in [0.5, 0.6) is 5.75 Å². The molecule has 0 aliphatic heterocycles. The highest BCUT2D eigenvalue weighted by atomic mass is 19.1. The number of amides is 1. The molecule has 1 aliphatic rings. The number of rotatable bonds is 5. The third kappa shape index (κ3) is 3.53. The smallest absolute Gasteiger partial charge is 0.227 e. The molecule has 0 radical (unpaired) electrons. The van der Waals surface area contributed by atoms with Crippen LogP contribution < -0.4 is 10.5 Å². The number of nitrogens with two attached hydrogens (primary N) is 1. The molecule has 0 heterocycles. The van der Waals surface area contributed by atoms with Gasteiger partial charge in [-0.3, -0.25) is 4.79 Å². The van der Waals surface area contributed by atoms with Gasteiger partial charge in [0, 0.05) is 19.1 Å². The van der Waals surface area contributed by atoms with Crippen molar-refractivity contribution in [2.45, 2.75) is 38.8 Å². The van der Waals surface area contributed by atoms with Gasteiger partial charge in [0.25, 0.3) is 0 Å². The molecule has 1 saturated carbocycles. The van der Waals surface area contributed by atoms with E-state index in [2.05, 4.69) is 0 Å². The molecule has 1 aromatic rings. The quantitative estimate of drug-likeness (QED) is 0.906. The van der Waals surface area contributed by atoms with Gasteiger partial charge in [-0.25, -0.2) is 4.39 Å². The topological polar surface area (TPSA) is 55.6 Å². The monoisotopic (exact) mass is 294 g/mol. The van der Waals surface area contributed by atoms with Crippen molar-refractivity contribution in [2.75, 3.05) is 13.7 Å². The number of hydrogen-bond donors (Lipinski definition) is 1. The number of carbonyl (C=O) groups excluding carboxylic acids is 1.